The summed E-state index contributed by atoms with van der Waals surface area (Å²) in [7, 11) is 1.59. The number of halogens is 3. The first kappa shape index (κ1) is 20.1. The first-order chi connectivity index (χ1) is 13.2. The smallest absolute Gasteiger partial charge is 0.416 e. The number of benzene rings is 1. The number of esters is 1. The lowest BCUT2D eigenvalue weighted by molar-refractivity contribution is -0.137. The highest BCUT2D eigenvalue weighted by Crippen LogP contribution is 2.33. The highest BCUT2D eigenvalue weighted by molar-refractivity contribution is 7.98. The summed E-state index contributed by atoms with van der Waals surface area (Å²) >= 11 is 1.09. The average molecular weight is 412 g/mol. The normalized spacial score (nSPS) is 14.7. The van der Waals surface area contributed by atoms with Crippen molar-refractivity contribution in [1.82, 2.24) is 20.2 Å². The van der Waals surface area contributed by atoms with E-state index in [-0.39, 0.29) is 28.4 Å². The summed E-state index contributed by atoms with van der Waals surface area (Å²) in [4.78, 5) is 24.0. The van der Waals surface area contributed by atoms with Crippen molar-refractivity contribution in [2.45, 2.75) is 36.3 Å². The van der Waals surface area contributed by atoms with Gasteiger partial charge < -0.3 is 4.74 Å². The van der Waals surface area contributed by atoms with Crippen molar-refractivity contribution in [1.29, 1.82) is 0 Å². The Morgan fingerprint density at radius 1 is 1.32 bits per heavy atom. The number of thioether (sulfide) groups is 1. The van der Waals surface area contributed by atoms with Crippen LogP contribution in [0.3, 0.4) is 0 Å². The molecule has 148 valence electrons. The monoisotopic (exact) mass is 412 g/mol. The van der Waals surface area contributed by atoms with Gasteiger partial charge in [-0.05, 0) is 40.6 Å². The fourth-order valence-electron chi connectivity index (χ4n) is 2.59. The van der Waals surface area contributed by atoms with Gasteiger partial charge in [-0.2, -0.15) is 13.2 Å². The second-order valence-corrected chi connectivity index (χ2v) is 7.01. The van der Waals surface area contributed by atoms with Crippen LogP contribution < -0.4 is 0 Å². The number of nitrogens with zero attached hydrogens (tertiary/aromatic N) is 4. The van der Waals surface area contributed by atoms with E-state index < -0.39 is 17.7 Å². The van der Waals surface area contributed by atoms with Gasteiger partial charge in [0.1, 0.15) is 5.76 Å². The molecule has 0 aliphatic heterocycles. The minimum absolute atomic E-state index is 0.00505. The number of tetrazole rings is 1. The number of ether oxygens (including phenoxy) is 1. The zero-order valence-corrected chi connectivity index (χ0v) is 15.5. The molecule has 0 unspecified atom stereocenters. The first-order valence-electron chi connectivity index (χ1n) is 8.25. The van der Waals surface area contributed by atoms with E-state index in [1.165, 1.54) is 10.8 Å². The third kappa shape index (κ3) is 4.77. The van der Waals surface area contributed by atoms with Crippen LogP contribution in [0.5, 0.6) is 0 Å². The third-order valence-electron chi connectivity index (χ3n) is 3.98. The lowest BCUT2D eigenvalue weighted by atomic mass is 10.0. The van der Waals surface area contributed by atoms with Gasteiger partial charge in [-0.1, -0.05) is 11.8 Å². The van der Waals surface area contributed by atoms with Crippen molar-refractivity contribution >= 4 is 23.5 Å². The topological polar surface area (TPSA) is 87.0 Å². The molecular weight excluding hydrogens is 397 g/mol. The summed E-state index contributed by atoms with van der Waals surface area (Å²) in [6, 6.07) is 2.82. The zero-order chi connectivity index (χ0) is 20.3. The molecule has 0 saturated heterocycles. The molecule has 3 rings (SSSR count). The molecule has 0 bridgehead atoms. The number of hydrogen-bond donors (Lipinski definition) is 0. The van der Waals surface area contributed by atoms with Gasteiger partial charge in [0.15, 0.2) is 5.78 Å². The quantitative estimate of drug-likeness (QED) is 0.550. The van der Waals surface area contributed by atoms with Gasteiger partial charge in [0.05, 0.1) is 11.1 Å². The minimum atomic E-state index is -4.55. The van der Waals surface area contributed by atoms with Gasteiger partial charge in [0.2, 0.25) is 5.16 Å². The van der Waals surface area contributed by atoms with Crippen LogP contribution in [0.15, 0.2) is 35.2 Å². The Kier molecular flexibility index (Phi) is 5.82. The molecule has 28 heavy (non-hydrogen) atoms. The number of ketones is 1. The van der Waals surface area contributed by atoms with Gasteiger partial charge >= 0.3 is 12.1 Å². The second-order valence-electron chi connectivity index (χ2n) is 6.06. The van der Waals surface area contributed by atoms with Crippen molar-refractivity contribution in [2.24, 2.45) is 7.05 Å². The molecule has 11 heteroatoms. The Hall–Kier alpha value is -2.69. The number of aromatic nitrogens is 4. The molecular formula is C17H15F3N4O3S. The van der Waals surface area contributed by atoms with Crippen LogP contribution in [-0.4, -0.2) is 32.0 Å². The number of alkyl halides is 3. The van der Waals surface area contributed by atoms with Crippen LogP contribution in [0.2, 0.25) is 0 Å². The molecule has 1 aromatic heterocycles. The Morgan fingerprint density at radius 3 is 2.75 bits per heavy atom. The number of aryl methyl sites for hydroxylation is 1. The lowest BCUT2D eigenvalue weighted by Crippen LogP contribution is -2.13. The Morgan fingerprint density at radius 2 is 2.11 bits per heavy atom. The molecule has 1 aliphatic carbocycles. The predicted molar refractivity (Wildman–Crippen MR) is 92.2 cm³/mol. The van der Waals surface area contributed by atoms with Crippen LogP contribution in [0.4, 0.5) is 13.2 Å². The molecule has 0 radical (unpaired) electrons. The lowest BCUT2D eigenvalue weighted by Gasteiger charge is -2.15. The van der Waals surface area contributed by atoms with Gasteiger partial charge in [0, 0.05) is 31.7 Å². The van der Waals surface area contributed by atoms with E-state index in [9.17, 15) is 22.8 Å². The van der Waals surface area contributed by atoms with Crippen LogP contribution >= 0.6 is 11.8 Å². The van der Waals surface area contributed by atoms with Crippen molar-refractivity contribution in [3.05, 3.63) is 46.7 Å². The summed E-state index contributed by atoms with van der Waals surface area (Å²) in [5, 5.41) is 11.3. The van der Waals surface area contributed by atoms with E-state index in [1.54, 1.807) is 7.05 Å². The molecule has 2 aromatic rings. The fraction of sp³-hybridized carbons (Fsp3) is 0.353. The van der Waals surface area contributed by atoms with Crippen molar-refractivity contribution < 1.29 is 27.5 Å². The molecule has 7 nitrogen and oxygen atoms in total. The molecule has 0 saturated carbocycles. The minimum Gasteiger partial charge on any atom is -0.427 e. The van der Waals surface area contributed by atoms with Crippen LogP contribution in [-0.2, 0) is 28.5 Å². The van der Waals surface area contributed by atoms with E-state index in [4.69, 9.17) is 4.74 Å². The summed E-state index contributed by atoms with van der Waals surface area (Å²) in [5.41, 5.74) is -0.743. The van der Waals surface area contributed by atoms with Crippen LogP contribution in [0, 0.1) is 0 Å². The molecule has 1 aromatic carbocycles. The van der Waals surface area contributed by atoms with Crippen LogP contribution in [0.1, 0.15) is 40.7 Å². The zero-order valence-electron chi connectivity index (χ0n) is 14.7. The number of hydrogen-bond acceptors (Lipinski definition) is 7. The third-order valence-corrected chi connectivity index (χ3v) is 5.04. The van der Waals surface area contributed by atoms with Crippen molar-refractivity contribution in [3.8, 4) is 0 Å². The molecule has 0 amide bonds. The van der Waals surface area contributed by atoms with E-state index >= 15 is 0 Å². The summed E-state index contributed by atoms with van der Waals surface area (Å²) in [5.74, 6) is -0.703. The molecule has 0 atom stereocenters. The van der Waals surface area contributed by atoms with Gasteiger partial charge in [-0.25, -0.2) is 9.48 Å². The molecule has 0 spiro atoms. The largest absolute Gasteiger partial charge is 0.427 e. The highest BCUT2D eigenvalue weighted by Gasteiger charge is 2.32. The van der Waals surface area contributed by atoms with Gasteiger partial charge in [0.25, 0.3) is 0 Å². The number of allylic oxidation sites excluding steroid dienone is 2. The second kappa shape index (κ2) is 8.13. The number of rotatable bonds is 5. The number of carbonyl (C=O) groups is 2. The average Bonchev–Trinajstić information content (AvgIpc) is 3.04. The van der Waals surface area contributed by atoms with Gasteiger partial charge in [-0.15, -0.1) is 5.10 Å². The predicted octanol–water partition coefficient (Wildman–Crippen LogP) is 3.31. The molecule has 1 heterocycles. The fourth-order valence-corrected chi connectivity index (χ4v) is 3.43. The van der Waals surface area contributed by atoms with Gasteiger partial charge in [-0.3, -0.25) is 4.79 Å². The van der Waals surface area contributed by atoms with E-state index in [2.05, 4.69) is 15.5 Å². The number of carbonyl (C=O) groups excluding carboxylic acids is 2. The highest BCUT2D eigenvalue weighted by atomic mass is 32.2. The van der Waals surface area contributed by atoms with E-state index in [1.807, 2.05) is 0 Å². The SMILES string of the molecule is Cn1nnnc1SCc1cc(C(F)(F)F)ccc1C(=O)OC1=CC(=O)CCC1. The molecule has 0 N–H and O–H groups in total. The molecule has 1 aliphatic rings. The summed E-state index contributed by atoms with van der Waals surface area (Å²) < 4.78 is 45.9. The Balaban J connectivity index is 1.87. The van der Waals surface area contributed by atoms with E-state index in [0.717, 1.165) is 30.0 Å². The maximum Gasteiger partial charge on any atom is 0.416 e. The van der Waals surface area contributed by atoms with Crippen molar-refractivity contribution in [2.75, 3.05) is 0 Å². The Bertz CT molecular complexity index is 940. The summed E-state index contributed by atoms with van der Waals surface area (Å²) in [6.07, 6.45) is -1.92. The standard InChI is InChI=1S/C17H15F3N4O3S/c1-24-16(21-22-23-24)28-9-10-7-11(17(18,19)20)5-6-14(10)15(26)27-13-4-2-3-12(25)8-13/h5-8H,2-4,9H2,1H3. The van der Waals surface area contributed by atoms with Crippen molar-refractivity contribution in [3.63, 3.8) is 0 Å². The van der Waals surface area contributed by atoms with E-state index in [0.29, 0.717) is 24.4 Å². The first-order valence-corrected chi connectivity index (χ1v) is 9.23. The van der Waals surface area contributed by atoms with Crippen LogP contribution in [0.25, 0.3) is 0 Å². The maximum absolute atomic E-state index is 13.1. The summed E-state index contributed by atoms with van der Waals surface area (Å²) in [6.45, 7) is 0. The molecule has 0 fully saturated rings. The maximum atomic E-state index is 13.1. The Labute approximate surface area is 161 Å².